The summed E-state index contributed by atoms with van der Waals surface area (Å²) >= 11 is 0. The third-order valence-electron chi connectivity index (χ3n) is 6.17. The zero-order valence-corrected chi connectivity index (χ0v) is 19.1. The number of nitrogens with one attached hydrogen (secondary N) is 1. The highest BCUT2D eigenvalue weighted by Crippen LogP contribution is 2.36. The van der Waals surface area contributed by atoms with Gasteiger partial charge in [-0.15, -0.1) is 0 Å². The molecule has 0 spiro atoms. The number of benzene rings is 3. The van der Waals surface area contributed by atoms with Gasteiger partial charge in [0.15, 0.2) is 0 Å². The van der Waals surface area contributed by atoms with Gasteiger partial charge >= 0.3 is 0 Å². The summed E-state index contributed by atoms with van der Waals surface area (Å²) in [5, 5.41) is 2.61. The molecule has 0 aromatic heterocycles. The van der Waals surface area contributed by atoms with Crippen molar-refractivity contribution in [3.05, 3.63) is 94.8 Å². The predicted molar refractivity (Wildman–Crippen MR) is 129 cm³/mol. The lowest BCUT2D eigenvalue weighted by molar-refractivity contribution is 0.0985. The van der Waals surface area contributed by atoms with Gasteiger partial charge in [0.2, 0.25) is 0 Å². The molecule has 0 saturated carbocycles. The van der Waals surface area contributed by atoms with Crippen molar-refractivity contribution in [2.24, 2.45) is 0 Å². The van der Waals surface area contributed by atoms with Crippen molar-refractivity contribution in [3.8, 4) is 0 Å². The smallest absolute Gasteiger partial charge is 0.258 e. The molecule has 33 heavy (non-hydrogen) atoms. The molecule has 1 N–H and O–H groups in total. The summed E-state index contributed by atoms with van der Waals surface area (Å²) in [6.45, 7) is 2.39. The van der Waals surface area contributed by atoms with Gasteiger partial charge in [0.25, 0.3) is 11.8 Å². The quantitative estimate of drug-likeness (QED) is 0.583. The normalized spacial score (nSPS) is 15.7. The second-order valence-corrected chi connectivity index (χ2v) is 8.60. The van der Waals surface area contributed by atoms with Crippen LogP contribution in [-0.2, 0) is 0 Å². The molecule has 3 aromatic carbocycles. The number of carbonyl (C=O) groups excluding carboxylic acids is 2. The fraction of sp³-hybridized carbons (Fsp3) is 0.259. The number of rotatable bonds is 4. The molecule has 1 atom stereocenters. The van der Waals surface area contributed by atoms with Crippen LogP contribution >= 0.6 is 0 Å². The Hall–Kier alpha value is -3.51. The number of para-hydroxylation sites is 1. The monoisotopic (exact) mass is 445 g/mol. The SMILES string of the molecule is Cc1ccccc1C(=O)Nc1ccc(C(=O)N2CCCC(N(C)C)c3ccccc32)cc1F. The maximum atomic E-state index is 14.9. The summed E-state index contributed by atoms with van der Waals surface area (Å²) in [5.74, 6) is -1.28. The molecule has 0 fully saturated rings. The molecule has 3 aromatic rings. The largest absolute Gasteiger partial charge is 0.319 e. The number of amides is 2. The van der Waals surface area contributed by atoms with E-state index in [9.17, 15) is 14.0 Å². The van der Waals surface area contributed by atoms with Crippen molar-refractivity contribution in [3.63, 3.8) is 0 Å². The fourth-order valence-corrected chi connectivity index (χ4v) is 4.40. The van der Waals surface area contributed by atoms with Gasteiger partial charge in [0.05, 0.1) is 5.69 Å². The van der Waals surface area contributed by atoms with Crippen LogP contribution in [0.5, 0.6) is 0 Å². The summed E-state index contributed by atoms with van der Waals surface area (Å²) in [4.78, 5) is 29.9. The first-order chi connectivity index (χ1) is 15.9. The maximum Gasteiger partial charge on any atom is 0.258 e. The van der Waals surface area contributed by atoms with Gasteiger partial charge in [0, 0.05) is 29.4 Å². The highest BCUT2D eigenvalue weighted by atomic mass is 19.1. The van der Waals surface area contributed by atoms with Gasteiger partial charge in [-0.2, -0.15) is 0 Å². The van der Waals surface area contributed by atoms with E-state index < -0.39 is 5.82 Å². The molecule has 0 saturated heterocycles. The number of halogens is 1. The summed E-state index contributed by atoms with van der Waals surface area (Å²) in [6.07, 6.45) is 1.78. The molecule has 6 heteroatoms. The topological polar surface area (TPSA) is 52.7 Å². The van der Waals surface area contributed by atoms with Crippen LogP contribution in [0.25, 0.3) is 0 Å². The molecule has 4 rings (SSSR count). The molecule has 0 aliphatic carbocycles. The van der Waals surface area contributed by atoms with E-state index in [1.807, 2.05) is 51.4 Å². The molecule has 0 bridgehead atoms. The van der Waals surface area contributed by atoms with Crippen molar-refractivity contribution in [1.29, 1.82) is 0 Å². The molecule has 170 valence electrons. The zero-order chi connectivity index (χ0) is 23.5. The second kappa shape index (κ2) is 9.55. The third-order valence-corrected chi connectivity index (χ3v) is 6.17. The first-order valence-electron chi connectivity index (χ1n) is 11.1. The number of anilines is 2. The number of carbonyl (C=O) groups is 2. The Kier molecular flexibility index (Phi) is 6.56. The minimum Gasteiger partial charge on any atom is -0.319 e. The minimum absolute atomic E-state index is 0.0451. The Balaban J connectivity index is 1.59. The van der Waals surface area contributed by atoms with Gasteiger partial charge < -0.3 is 15.1 Å². The van der Waals surface area contributed by atoms with Crippen LogP contribution < -0.4 is 10.2 Å². The molecular formula is C27H28FN3O2. The van der Waals surface area contributed by atoms with Crippen molar-refractivity contribution in [1.82, 2.24) is 4.90 Å². The average molecular weight is 446 g/mol. The van der Waals surface area contributed by atoms with E-state index in [0.717, 1.165) is 29.7 Å². The fourth-order valence-electron chi connectivity index (χ4n) is 4.40. The Morgan fingerprint density at radius 2 is 1.76 bits per heavy atom. The summed E-state index contributed by atoms with van der Waals surface area (Å²) in [7, 11) is 4.08. The van der Waals surface area contributed by atoms with E-state index >= 15 is 0 Å². The summed E-state index contributed by atoms with van der Waals surface area (Å²) in [5.41, 5.74) is 3.53. The highest BCUT2D eigenvalue weighted by molar-refractivity contribution is 6.08. The molecule has 1 aliphatic heterocycles. The molecule has 1 unspecified atom stereocenters. The standard InChI is InChI=1S/C27H28FN3O2/c1-18-9-4-5-10-20(18)26(32)29-23-15-14-19(17-22(23)28)27(33)31-16-8-13-24(30(2)3)21-11-6-7-12-25(21)31/h4-7,9-12,14-15,17,24H,8,13,16H2,1-3H3,(H,29,32). The highest BCUT2D eigenvalue weighted by Gasteiger charge is 2.28. The minimum atomic E-state index is -0.642. The van der Waals surface area contributed by atoms with Gasteiger partial charge in [0.1, 0.15) is 5.82 Å². The average Bonchev–Trinajstić information content (AvgIpc) is 3.00. The first kappa shape index (κ1) is 22.7. The van der Waals surface area contributed by atoms with Gasteiger partial charge in [-0.3, -0.25) is 9.59 Å². The zero-order valence-electron chi connectivity index (χ0n) is 19.1. The number of hydrogen-bond acceptors (Lipinski definition) is 3. The van der Waals surface area contributed by atoms with Crippen LogP contribution in [0.1, 0.15) is 50.7 Å². The van der Waals surface area contributed by atoms with Crippen molar-refractivity contribution in [2.75, 3.05) is 30.9 Å². The number of nitrogens with zero attached hydrogens (tertiary/aromatic N) is 2. The van der Waals surface area contributed by atoms with Gasteiger partial charge in [-0.25, -0.2) is 4.39 Å². The predicted octanol–water partition coefficient (Wildman–Crippen LogP) is 5.43. The summed E-state index contributed by atoms with van der Waals surface area (Å²) in [6, 6.07) is 19.5. The van der Waals surface area contributed by atoms with E-state index in [4.69, 9.17) is 0 Å². The Morgan fingerprint density at radius 3 is 2.48 bits per heavy atom. The third kappa shape index (κ3) is 4.66. The molecule has 1 heterocycles. The van der Waals surface area contributed by atoms with Crippen LogP contribution in [0.2, 0.25) is 0 Å². The maximum absolute atomic E-state index is 14.9. The van der Waals surface area contributed by atoms with Gasteiger partial charge in [-0.1, -0.05) is 36.4 Å². The molecule has 0 radical (unpaired) electrons. The number of aryl methyl sites for hydroxylation is 1. The van der Waals surface area contributed by atoms with Crippen molar-refractivity contribution >= 4 is 23.2 Å². The number of fused-ring (bicyclic) bond motifs is 1. The second-order valence-electron chi connectivity index (χ2n) is 8.60. The van der Waals surface area contributed by atoms with E-state index in [0.29, 0.717) is 12.1 Å². The Labute approximate surface area is 193 Å². The Morgan fingerprint density at radius 1 is 1.03 bits per heavy atom. The molecule has 5 nitrogen and oxygen atoms in total. The van der Waals surface area contributed by atoms with Crippen LogP contribution in [0, 0.1) is 12.7 Å². The van der Waals surface area contributed by atoms with Crippen molar-refractivity contribution in [2.45, 2.75) is 25.8 Å². The van der Waals surface area contributed by atoms with Crippen LogP contribution in [0.3, 0.4) is 0 Å². The van der Waals surface area contributed by atoms with Gasteiger partial charge in [-0.05, 0) is 75.3 Å². The van der Waals surface area contributed by atoms with Crippen LogP contribution in [-0.4, -0.2) is 37.4 Å². The number of hydrogen-bond donors (Lipinski definition) is 1. The first-order valence-corrected chi connectivity index (χ1v) is 11.1. The van der Waals surface area contributed by atoms with E-state index in [1.54, 1.807) is 23.1 Å². The lowest BCUT2D eigenvalue weighted by Crippen LogP contribution is -2.32. The van der Waals surface area contributed by atoms with E-state index in [1.165, 1.54) is 12.1 Å². The van der Waals surface area contributed by atoms with E-state index in [-0.39, 0.29) is 29.1 Å². The molecule has 2 amide bonds. The van der Waals surface area contributed by atoms with Crippen molar-refractivity contribution < 1.29 is 14.0 Å². The lowest BCUT2D eigenvalue weighted by atomic mass is 10.0. The lowest BCUT2D eigenvalue weighted by Gasteiger charge is -2.27. The summed E-state index contributed by atoms with van der Waals surface area (Å²) < 4.78 is 14.9. The van der Waals surface area contributed by atoms with Crippen LogP contribution in [0.15, 0.2) is 66.7 Å². The molecular weight excluding hydrogens is 417 g/mol. The van der Waals surface area contributed by atoms with Crippen LogP contribution in [0.4, 0.5) is 15.8 Å². The Bertz CT molecular complexity index is 1190. The molecule has 1 aliphatic rings. The van der Waals surface area contributed by atoms with E-state index in [2.05, 4.69) is 16.3 Å².